The number of pyridine rings is 1. The summed E-state index contributed by atoms with van der Waals surface area (Å²) >= 11 is 1.64. The fourth-order valence-corrected chi connectivity index (χ4v) is 4.41. The molecule has 0 atom stereocenters. The third-order valence-corrected chi connectivity index (χ3v) is 6.21. The van der Waals surface area contributed by atoms with Crippen LogP contribution in [-0.2, 0) is 4.79 Å². The Hall–Kier alpha value is -2.41. The molecule has 3 aromatic heterocycles. The van der Waals surface area contributed by atoms with Gasteiger partial charge in [0.15, 0.2) is 0 Å². The standard InChI is InChI=1S/C19H21N5OS/c1-12-11-26-18(21-12)15-10-14-16(4-5-20-17(14)22-15)23-6-8-24(9-7-23)19(25)13-2-3-13/h4-5,10-11,13H,2-3,6-9H2,1H3,(H,20,22). The highest BCUT2D eigenvalue weighted by Gasteiger charge is 2.34. The third kappa shape index (κ3) is 2.76. The van der Waals surface area contributed by atoms with Gasteiger partial charge in [-0.2, -0.15) is 0 Å². The minimum atomic E-state index is 0.308. The molecule has 4 heterocycles. The maximum Gasteiger partial charge on any atom is 0.225 e. The molecular weight excluding hydrogens is 346 g/mol. The molecule has 2 aliphatic rings. The van der Waals surface area contributed by atoms with Crippen LogP contribution in [0.15, 0.2) is 23.7 Å². The zero-order valence-corrected chi connectivity index (χ0v) is 15.6. The molecule has 1 saturated carbocycles. The molecule has 1 amide bonds. The van der Waals surface area contributed by atoms with E-state index >= 15 is 0 Å². The Morgan fingerprint density at radius 2 is 2.08 bits per heavy atom. The van der Waals surface area contributed by atoms with Gasteiger partial charge in [-0.3, -0.25) is 4.79 Å². The molecule has 7 heteroatoms. The van der Waals surface area contributed by atoms with Crippen molar-refractivity contribution in [2.75, 3.05) is 31.1 Å². The Balaban J connectivity index is 1.40. The topological polar surface area (TPSA) is 65.1 Å². The smallest absolute Gasteiger partial charge is 0.225 e. The minimum Gasteiger partial charge on any atom is -0.367 e. The summed E-state index contributed by atoms with van der Waals surface area (Å²) in [5.41, 5.74) is 4.13. The van der Waals surface area contributed by atoms with E-state index in [4.69, 9.17) is 0 Å². The molecule has 1 saturated heterocycles. The number of aromatic amines is 1. The maximum atomic E-state index is 12.3. The van der Waals surface area contributed by atoms with Crippen LogP contribution in [0.4, 0.5) is 5.69 Å². The highest BCUT2D eigenvalue weighted by Crippen LogP contribution is 2.33. The van der Waals surface area contributed by atoms with Crippen molar-refractivity contribution < 1.29 is 4.79 Å². The molecule has 5 rings (SSSR count). The van der Waals surface area contributed by atoms with Crippen LogP contribution in [0, 0.1) is 12.8 Å². The number of fused-ring (bicyclic) bond motifs is 1. The molecule has 1 aliphatic heterocycles. The van der Waals surface area contributed by atoms with Gasteiger partial charge in [0.1, 0.15) is 10.7 Å². The maximum absolute atomic E-state index is 12.3. The van der Waals surface area contributed by atoms with Gasteiger partial charge in [-0.1, -0.05) is 0 Å². The van der Waals surface area contributed by atoms with Gasteiger partial charge in [0, 0.05) is 60.4 Å². The molecule has 0 aromatic carbocycles. The van der Waals surface area contributed by atoms with Crippen LogP contribution >= 0.6 is 11.3 Å². The highest BCUT2D eigenvalue weighted by molar-refractivity contribution is 7.13. The molecule has 2 fully saturated rings. The third-order valence-electron chi connectivity index (χ3n) is 5.22. The van der Waals surface area contributed by atoms with Gasteiger partial charge in [-0.15, -0.1) is 11.3 Å². The van der Waals surface area contributed by atoms with Crippen molar-refractivity contribution in [1.29, 1.82) is 0 Å². The number of rotatable bonds is 3. The number of anilines is 1. The van der Waals surface area contributed by atoms with Gasteiger partial charge >= 0.3 is 0 Å². The second kappa shape index (κ2) is 6.09. The largest absolute Gasteiger partial charge is 0.367 e. The average molecular weight is 367 g/mol. The Morgan fingerprint density at radius 1 is 1.27 bits per heavy atom. The number of carbonyl (C=O) groups excluding carboxylic acids is 1. The molecule has 3 aromatic rings. The molecular formula is C19H21N5OS. The van der Waals surface area contributed by atoms with Gasteiger partial charge in [-0.05, 0) is 31.9 Å². The molecule has 26 heavy (non-hydrogen) atoms. The van der Waals surface area contributed by atoms with E-state index in [1.165, 1.54) is 5.69 Å². The van der Waals surface area contributed by atoms with E-state index in [0.717, 1.165) is 66.4 Å². The summed E-state index contributed by atoms with van der Waals surface area (Å²) in [5.74, 6) is 0.663. The van der Waals surface area contributed by atoms with Crippen molar-refractivity contribution in [3.05, 3.63) is 29.4 Å². The van der Waals surface area contributed by atoms with Crippen molar-refractivity contribution in [1.82, 2.24) is 19.9 Å². The summed E-state index contributed by atoms with van der Waals surface area (Å²) in [4.78, 5) is 29.1. The van der Waals surface area contributed by atoms with Gasteiger partial charge in [0.25, 0.3) is 0 Å². The van der Waals surface area contributed by atoms with Crippen molar-refractivity contribution in [3.8, 4) is 10.7 Å². The van der Waals surface area contributed by atoms with Crippen LogP contribution < -0.4 is 4.90 Å². The number of hydrogen-bond donors (Lipinski definition) is 1. The molecule has 0 radical (unpaired) electrons. The molecule has 0 unspecified atom stereocenters. The van der Waals surface area contributed by atoms with Crippen molar-refractivity contribution >= 4 is 34.0 Å². The summed E-state index contributed by atoms with van der Waals surface area (Å²) in [6.45, 7) is 5.36. The lowest BCUT2D eigenvalue weighted by molar-refractivity contribution is -0.132. The highest BCUT2D eigenvalue weighted by atomic mass is 32.1. The van der Waals surface area contributed by atoms with Gasteiger partial charge in [-0.25, -0.2) is 9.97 Å². The molecule has 0 bridgehead atoms. The van der Waals surface area contributed by atoms with Gasteiger partial charge in [0.2, 0.25) is 5.91 Å². The van der Waals surface area contributed by atoms with E-state index in [9.17, 15) is 4.79 Å². The quantitative estimate of drug-likeness (QED) is 0.773. The number of carbonyl (C=O) groups is 1. The first kappa shape index (κ1) is 15.8. The van der Waals surface area contributed by atoms with Crippen LogP contribution in [0.25, 0.3) is 21.7 Å². The fraction of sp³-hybridized carbons (Fsp3) is 0.421. The van der Waals surface area contributed by atoms with E-state index in [1.807, 2.05) is 18.0 Å². The van der Waals surface area contributed by atoms with Crippen molar-refractivity contribution in [3.63, 3.8) is 0 Å². The molecule has 1 aliphatic carbocycles. The lowest BCUT2D eigenvalue weighted by Crippen LogP contribution is -2.49. The van der Waals surface area contributed by atoms with E-state index < -0.39 is 0 Å². The van der Waals surface area contributed by atoms with E-state index in [0.29, 0.717) is 11.8 Å². The number of nitrogens with one attached hydrogen (secondary N) is 1. The molecule has 0 spiro atoms. The number of thiazole rings is 1. The second-order valence-corrected chi connectivity index (χ2v) is 8.01. The number of H-pyrrole nitrogens is 1. The lowest BCUT2D eigenvalue weighted by Gasteiger charge is -2.36. The van der Waals surface area contributed by atoms with Gasteiger partial charge in [0.05, 0.1) is 5.69 Å². The van der Waals surface area contributed by atoms with Crippen LogP contribution in [0.5, 0.6) is 0 Å². The Kier molecular flexibility index (Phi) is 3.70. The first-order valence-corrected chi connectivity index (χ1v) is 10.0. The normalized spacial score (nSPS) is 17.9. The average Bonchev–Trinajstić information content (AvgIpc) is 3.27. The van der Waals surface area contributed by atoms with Crippen LogP contribution in [0.1, 0.15) is 18.5 Å². The second-order valence-electron chi connectivity index (χ2n) is 7.16. The first-order valence-electron chi connectivity index (χ1n) is 9.13. The zero-order chi connectivity index (χ0) is 17.7. The first-order chi connectivity index (χ1) is 12.7. The number of aryl methyl sites for hydroxylation is 1. The number of piperazine rings is 1. The van der Waals surface area contributed by atoms with E-state index in [-0.39, 0.29) is 0 Å². The summed E-state index contributed by atoms with van der Waals surface area (Å²) in [6, 6.07) is 4.23. The number of nitrogens with zero attached hydrogens (tertiary/aromatic N) is 4. The number of hydrogen-bond acceptors (Lipinski definition) is 5. The lowest BCUT2D eigenvalue weighted by atomic mass is 10.2. The van der Waals surface area contributed by atoms with E-state index in [1.54, 1.807) is 11.3 Å². The number of aromatic nitrogens is 3. The van der Waals surface area contributed by atoms with Crippen LogP contribution in [0.2, 0.25) is 0 Å². The predicted molar refractivity (Wildman–Crippen MR) is 103 cm³/mol. The van der Waals surface area contributed by atoms with Crippen molar-refractivity contribution in [2.24, 2.45) is 5.92 Å². The fourth-order valence-electron chi connectivity index (χ4n) is 3.64. The van der Waals surface area contributed by atoms with E-state index in [2.05, 4.69) is 37.4 Å². The molecule has 1 N–H and O–H groups in total. The number of amides is 1. The van der Waals surface area contributed by atoms with Crippen molar-refractivity contribution in [2.45, 2.75) is 19.8 Å². The minimum absolute atomic E-state index is 0.308. The summed E-state index contributed by atoms with van der Waals surface area (Å²) in [5, 5.41) is 4.18. The summed E-state index contributed by atoms with van der Waals surface area (Å²) < 4.78 is 0. The SMILES string of the molecule is Cc1csc(-c2cc3c(N4CCN(C(=O)C5CC5)CC4)ccnc3[nH]2)n1. The van der Waals surface area contributed by atoms with Crippen LogP contribution in [-0.4, -0.2) is 51.9 Å². The molecule has 134 valence electrons. The zero-order valence-electron chi connectivity index (χ0n) is 14.7. The monoisotopic (exact) mass is 367 g/mol. The summed E-state index contributed by atoms with van der Waals surface area (Å²) in [7, 11) is 0. The van der Waals surface area contributed by atoms with Crippen LogP contribution in [0.3, 0.4) is 0 Å². The Bertz CT molecular complexity index is 965. The predicted octanol–water partition coefficient (Wildman–Crippen LogP) is 3.05. The van der Waals surface area contributed by atoms with Gasteiger partial charge < -0.3 is 14.8 Å². The summed E-state index contributed by atoms with van der Waals surface area (Å²) in [6.07, 6.45) is 4.01. The Morgan fingerprint density at radius 3 is 2.77 bits per heavy atom. The Labute approximate surface area is 155 Å². The molecule has 6 nitrogen and oxygen atoms in total.